The Morgan fingerprint density at radius 1 is 1.71 bits per heavy atom. The number of methoxy groups -OCH3 is 1. The first kappa shape index (κ1) is 10.2. The predicted octanol–water partition coefficient (Wildman–Crippen LogP) is 1.27. The summed E-state index contributed by atoms with van der Waals surface area (Å²) in [7, 11) is 1.28. The van der Waals surface area contributed by atoms with Crippen LogP contribution in [-0.4, -0.2) is 23.9 Å². The van der Waals surface area contributed by atoms with Crippen LogP contribution >= 0.6 is 0 Å². The lowest BCUT2D eigenvalue weighted by Gasteiger charge is -2.01. The van der Waals surface area contributed by atoms with Crippen molar-refractivity contribution in [2.75, 3.05) is 7.11 Å². The van der Waals surface area contributed by atoms with Crippen molar-refractivity contribution in [1.29, 1.82) is 0 Å². The second-order valence-corrected chi connectivity index (χ2v) is 2.67. The van der Waals surface area contributed by atoms with Crippen LogP contribution in [0.4, 0.5) is 0 Å². The summed E-state index contributed by atoms with van der Waals surface area (Å²) in [5.41, 5.74) is 0.598. The van der Waals surface area contributed by atoms with Crippen LogP contribution in [-0.2, 0) is 11.3 Å². The summed E-state index contributed by atoms with van der Waals surface area (Å²) >= 11 is 0. The Labute approximate surface area is 81.8 Å². The molecule has 0 saturated heterocycles. The molecule has 0 bridgehead atoms. The van der Waals surface area contributed by atoms with E-state index in [1.54, 1.807) is 22.9 Å². The van der Waals surface area contributed by atoms with E-state index in [-0.39, 0.29) is 5.56 Å². The van der Waals surface area contributed by atoms with Crippen molar-refractivity contribution in [1.82, 2.24) is 4.57 Å². The maximum Gasteiger partial charge on any atom is 0.340 e. The van der Waals surface area contributed by atoms with E-state index in [2.05, 4.69) is 11.3 Å². The van der Waals surface area contributed by atoms with Gasteiger partial charge in [-0.3, -0.25) is 4.79 Å². The van der Waals surface area contributed by atoms with Gasteiger partial charge in [-0.05, 0) is 6.07 Å². The third-order valence-corrected chi connectivity index (χ3v) is 1.85. The average molecular weight is 193 g/mol. The van der Waals surface area contributed by atoms with E-state index in [0.29, 0.717) is 18.5 Å². The maximum atomic E-state index is 11.2. The second-order valence-electron chi connectivity index (χ2n) is 2.67. The summed E-state index contributed by atoms with van der Waals surface area (Å²) in [5.74, 6) is -0.505. The lowest BCUT2D eigenvalue weighted by molar-refractivity contribution is 0.0598. The Morgan fingerprint density at radius 2 is 2.43 bits per heavy atom. The molecule has 0 radical (unpaired) electrons. The number of hydrogen-bond acceptors (Lipinski definition) is 3. The number of aldehydes is 1. The average Bonchev–Trinajstić information content (AvgIpc) is 2.60. The Morgan fingerprint density at radius 3 is 2.93 bits per heavy atom. The molecule has 4 nitrogen and oxygen atoms in total. The zero-order valence-electron chi connectivity index (χ0n) is 7.90. The van der Waals surface area contributed by atoms with E-state index in [0.717, 1.165) is 0 Å². The van der Waals surface area contributed by atoms with Gasteiger partial charge in [0.25, 0.3) is 0 Å². The van der Waals surface area contributed by atoms with Crippen molar-refractivity contribution >= 4 is 12.3 Å². The van der Waals surface area contributed by atoms with Crippen LogP contribution < -0.4 is 0 Å². The van der Waals surface area contributed by atoms with Gasteiger partial charge >= 0.3 is 5.97 Å². The molecule has 0 unspecified atom stereocenters. The Bertz CT molecular complexity index is 365. The smallest absolute Gasteiger partial charge is 0.340 e. The number of ether oxygens (including phenoxy) is 1. The predicted molar refractivity (Wildman–Crippen MR) is 51.4 cm³/mol. The van der Waals surface area contributed by atoms with Crippen molar-refractivity contribution in [3.05, 3.63) is 36.2 Å². The Kier molecular flexibility index (Phi) is 3.23. The molecule has 0 atom stereocenters. The van der Waals surface area contributed by atoms with Crippen LogP contribution in [0.15, 0.2) is 24.9 Å². The van der Waals surface area contributed by atoms with Gasteiger partial charge in [0, 0.05) is 12.7 Å². The first-order chi connectivity index (χ1) is 6.74. The zero-order chi connectivity index (χ0) is 10.6. The summed E-state index contributed by atoms with van der Waals surface area (Å²) in [5, 5.41) is 0. The number of hydrogen-bond donors (Lipinski definition) is 0. The van der Waals surface area contributed by atoms with Crippen LogP contribution in [0.25, 0.3) is 0 Å². The molecule has 4 heteroatoms. The number of nitrogens with zero attached hydrogens (tertiary/aromatic N) is 1. The highest BCUT2D eigenvalue weighted by Gasteiger charge is 2.14. The van der Waals surface area contributed by atoms with Crippen molar-refractivity contribution in [2.24, 2.45) is 0 Å². The van der Waals surface area contributed by atoms with Gasteiger partial charge in [0.15, 0.2) is 6.29 Å². The summed E-state index contributed by atoms with van der Waals surface area (Å²) < 4.78 is 6.16. The molecule has 0 aliphatic heterocycles. The van der Waals surface area contributed by atoms with E-state index in [1.165, 1.54) is 7.11 Å². The monoisotopic (exact) mass is 193 g/mol. The van der Waals surface area contributed by atoms with Gasteiger partial charge in [-0.2, -0.15) is 0 Å². The van der Waals surface area contributed by atoms with Gasteiger partial charge in [0.05, 0.1) is 18.4 Å². The SMILES string of the molecule is C=CCn1ccc(C(=O)OC)c1C=O. The number of aromatic nitrogens is 1. The number of rotatable bonds is 4. The van der Waals surface area contributed by atoms with E-state index in [1.807, 2.05) is 0 Å². The van der Waals surface area contributed by atoms with E-state index in [9.17, 15) is 9.59 Å². The fourth-order valence-electron chi connectivity index (χ4n) is 1.20. The van der Waals surface area contributed by atoms with Crippen LogP contribution in [0.2, 0.25) is 0 Å². The normalized spacial score (nSPS) is 9.50. The van der Waals surface area contributed by atoms with Crippen molar-refractivity contribution in [3.8, 4) is 0 Å². The number of carbonyl (C=O) groups is 2. The summed E-state index contributed by atoms with van der Waals surface area (Å²) in [6.07, 6.45) is 3.93. The van der Waals surface area contributed by atoms with Crippen LogP contribution in [0, 0.1) is 0 Å². The summed E-state index contributed by atoms with van der Waals surface area (Å²) in [6.45, 7) is 4.04. The highest BCUT2D eigenvalue weighted by molar-refractivity contribution is 5.97. The first-order valence-corrected chi connectivity index (χ1v) is 4.08. The molecular formula is C10H11NO3. The summed E-state index contributed by atoms with van der Waals surface area (Å²) in [6, 6.07) is 1.55. The standard InChI is InChI=1S/C10H11NO3/c1-3-5-11-6-4-8(9(11)7-12)10(13)14-2/h3-4,6-7H,1,5H2,2H3. The molecule has 1 heterocycles. The van der Waals surface area contributed by atoms with Gasteiger partial charge in [-0.1, -0.05) is 6.08 Å². The maximum absolute atomic E-state index is 11.2. The topological polar surface area (TPSA) is 48.3 Å². The van der Waals surface area contributed by atoms with Gasteiger partial charge in [-0.25, -0.2) is 4.79 Å². The molecule has 0 saturated carbocycles. The fraction of sp³-hybridized carbons (Fsp3) is 0.200. The molecule has 0 spiro atoms. The molecule has 0 aliphatic carbocycles. The molecule has 1 rings (SSSR count). The van der Waals surface area contributed by atoms with Crippen molar-refractivity contribution in [2.45, 2.75) is 6.54 Å². The van der Waals surface area contributed by atoms with E-state index in [4.69, 9.17) is 0 Å². The molecule has 0 aliphatic rings. The van der Waals surface area contributed by atoms with Gasteiger partial charge in [-0.15, -0.1) is 6.58 Å². The Balaban J connectivity index is 3.12. The van der Waals surface area contributed by atoms with Crippen molar-refractivity contribution < 1.29 is 14.3 Å². The third kappa shape index (κ3) is 1.74. The molecule has 0 N–H and O–H groups in total. The number of allylic oxidation sites excluding steroid dienone is 1. The largest absolute Gasteiger partial charge is 0.465 e. The van der Waals surface area contributed by atoms with Crippen LogP contribution in [0.3, 0.4) is 0 Å². The lowest BCUT2D eigenvalue weighted by atomic mass is 10.2. The molecule has 14 heavy (non-hydrogen) atoms. The van der Waals surface area contributed by atoms with Gasteiger partial charge < -0.3 is 9.30 Å². The van der Waals surface area contributed by atoms with Gasteiger partial charge in [0.2, 0.25) is 0 Å². The van der Waals surface area contributed by atoms with Crippen LogP contribution in [0.1, 0.15) is 20.8 Å². The first-order valence-electron chi connectivity index (χ1n) is 4.08. The molecule has 1 aromatic heterocycles. The molecule has 0 amide bonds. The lowest BCUT2D eigenvalue weighted by Crippen LogP contribution is -2.07. The minimum Gasteiger partial charge on any atom is -0.465 e. The highest BCUT2D eigenvalue weighted by atomic mass is 16.5. The number of esters is 1. The van der Waals surface area contributed by atoms with E-state index < -0.39 is 5.97 Å². The molecule has 0 aromatic carbocycles. The van der Waals surface area contributed by atoms with Crippen LogP contribution in [0.5, 0.6) is 0 Å². The zero-order valence-corrected chi connectivity index (χ0v) is 7.90. The molecule has 74 valence electrons. The Hall–Kier alpha value is -1.84. The number of carbonyl (C=O) groups excluding carboxylic acids is 2. The third-order valence-electron chi connectivity index (χ3n) is 1.85. The fourth-order valence-corrected chi connectivity index (χ4v) is 1.20. The molecule has 1 aromatic rings. The highest BCUT2D eigenvalue weighted by Crippen LogP contribution is 2.10. The summed E-state index contributed by atoms with van der Waals surface area (Å²) in [4.78, 5) is 21.9. The van der Waals surface area contributed by atoms with E-state index >= 15 is 0 Å². The molecular weight excluding hydrogens is 182 g/mol. The van der Waals surface area contributed by atoms with Crippen molar-refractivity contribution in [3.63, 3.8) is 0 Å². The quantitative estimate of drug-likeness (QED) is 0.411. The second kappa shape index (κ2) is 4.41. The van der Waals surface area contributed by atoms with Gasteiger partial charge in [0.1, 0.15) is 0 Å². The minimum absolute atomic E-state index is 0.282. The minimum atomic E-state index is -0.505. The molecule has 0 fully saturated rings.